The zero-order valence-corrected chi connectivity index (χ0v) is 13.0. The Hall–Kier alpha value is -2.57. The van der Waals surface area contributed by atoms with Crippen molar-refractivity contribution in [3.63, 3.8) is 0 Å². The highest BCUT2D eigenvalue weighted by Gasteiger charge is 2.31. The molecule has 0 aliphatic carbocycles. The molecule has 23 heavy (non-hydrogen) atoms. The number of nitrogens with one attached hydrogen (secondary N) is 1. The van der Waals surface area contributed by atoms with Gasteiger partial charge in [0.15, 0.2) is 0 Å². The lowest BCUT2D eigenvalue weighted by Gasteiger charge is -2.23. The number of carbonyl (C=O) groups excluding carboxylic acids is 1. The molecule has 2 aliphatic rings. The lowest BCUT2D eigenvalue weighted by atomic mass is 10.1. The third-order valence-corrected chi connectivity index (χ3v) is 4.62. The maximum Gasteiger partial charge on any atom is 0.321 e. The first-order valence-corrected chi connectivity index (χ1v) is 7.95. The van der Waals surface area contributed by atoms with Gasteiger partial charge < -0.3 is 10.2 Å². The predicted octanol–water partition coefficient (Wildman–Crippen LogP) is 2.13. The van der Waals surface area contributed by atoms with Gasteiger partial charge in [-0.15, -0.1) is 0 Å². The molecule has 0 saturated carbocycles. The first-order valence-electron chi connectivity index (χ1n) is 7.95. The molecule has 1 aromatic rings. The average molecular weight is 309 g/mol. The van der Waals surface area contributed by atoms with Crippen molar-refractivity contribution in [1.82, 2.24) is 9.80 Å². The van der Waals surface area contributed by atoms with Crippen molar-refractivity contribution >= 4 is 11.7 Å². The van der Waals surface area contributed by atoms with Crippen LogP contribution in [0.5, 0.6) is 0 Å². The summed E-state index contributed by atoms with van der Waals surface area (Å²) in [7, 11) is 0. The van der Waals surface area contributed by atoms with Gasteiger partial charge in [-0.2, -0.15) is 10.5 Å². The Bertz CT molecular complexity index is 681. The molecule has 6 nitrogen and oxygen atoms in total. The van der Waals surface area contributed by atoms with Crippen molar-refractivity contribution in [2.75, 3.05) is 31.5 Å². The van der Waals surface area contributed by atoms with E-state index in [1.54, 1.807) is 18.2 Å². The third-order valence-electron chi connectivity index (χ3n) is 4.62. The number of likely N-dealkylation sites (tertiary alicyclic amines) is 2. The Kier molecular flexibility index (Phi) is 4.45. The largest absolute Gasteiger partial charge is 0.323 e. The van der Waals surface area contributed by atoms with Crippen LogP contribution in [-0.4, -0.2) is 48.1 Å². The zero-order chi connectivity index (χ0) is 16.2. The Morgan fingerprint density at radius 1 is 1.13 bits per heavy atom. The van der Waals surface area contributed by atoms with Crippen LogP contribution in [-0.2, 0) is 0 Å². The summed E-state index contributed by atoms with van der Waals surface area (Å²) < 4.78 is 0. The molecule has 0 spiro atoms. The molecule has 118 valence electrons. The van der Waals surface area contributed by atoms with Gasteiger partial charge in [0.1, 0.15) is 12.1 Å². The van der Waals surface area contributed by atoms with E-state index in [1.807, 2.05) is 17.0 Å². The summed E-state index contributed by atoms with van der Waals surface area (Å²) in [4.78, 5) is 16.7. The number of anilines is 1. The summed E-state index contributed by atoms with van der Waals surface area (Å²) in [6.45, 7) is 3.80. The molecule has 0 radical (unpaired) electrons. The minimum Gasteiger partial charge on any atom is -0.323 e. The van der Waals surface area contributed by atoms with E-state index in [0.29, 0.717) is 17.3 Å². The van der Waals surface area contributed by atoms with Gasteiger partial charge in [-0.3, -0.25) is 4.90 Å². The highest BCUT2D eigenvalue weighted by atomic mass is 16.2. The molecule has 6 heteroatoms. The smallest absolute Gasteiger partial charge is 0.321 e. The van der Waals surface area contributed by atoms with E-state index in [4.69, 9.17) is 10.5 Å². The van der Waals surface area contributed by atoms with E-state index in [-0.39, 0.29) is 11.6 Å². The molecule has 3 rings (SSSR count). The monoisotopic (exact) mass is 309 g/mol. The van der Waals surface area contributed by atoms with Gasteiger partial charge in [-0.25, -0.2) is 4.79 Å². The number of hydrogen-bond donors (Lipinski definition) is 1. The van der Waals surface area contributed by atoms with Crippen molar-refractivity contribution in [2.24, 2.45) is 0 Å². The second-order valence-electron chi connectivity index (χ2n) is 6.05. The van der Waals surface area contributed by atoms with Crippen molar-refractivity contribution in [3.05, 3.63) is 29.3 Å². The minimum atomic E-state index is -0.139. The maximum atomic E-state index is 12.4. The Morgan fingerprint density at radius 2 is 1.87 bits per heavy atom. The lowest BCUT2D eigenvalue weighted by molar-refractivity contribution is 0.210. The Labute approximate surface area is 135 Å². The maximum absolute atomic E-state index is 12.4. The molecular weight excluding hydrogens is 290 g/mol. The first-order chi connectivity index (χ1) is 11.2. The summed E-state index contributed by atoms with van der Waals surface area (Å²) in [6, 6.07) is 9.05. The first kappa shape index (κ1) is 15.3. The van der Waals surface area contributed by atoms with Crippen LogP contribution in [0.3, 0.4) is 0 Å². The van der Waals surface area contributed by atoms with Gasteiger partial charge in [-0.05, 0) is 50.6 Å². The van der Waals surface area contributed by atoms with Crippen LogP contribution in [0.4, 0.5) is 10.5 Å². The predicted molar refractivity (Wildman–Crippen MR) is 85.7 cm³/mol. The summed E-state index contributed by atoms with van der Waals surface area (Å²) in [6.07, 6.45) is 3.53. The molecule has 0 bridgehead atoms. The van der Waals surface area contributed by atoms with E-state index in [9.17, 15) is 4.79 Å². The summed E-state index contributed by atoms with van der Waals surface area (Å²) in [5.41, 5.74) is 1.15. The summed E-state index contributed by atoms with van der Waals surface area (Å²) in [5, 5.41) is 20.8. The quantitative estimate of drug-likeness (QED) is 0.907. The van der Waals surface area contributed by atoms with Crippen LogP contribution < -0.4 is 5.32 Å². The van der Waals surface area contributed by atoms with Crippen molar-refractivity contribution in [3.8, 4) is 12.1 Å². The number of urea groups is 1. The van der Waals surface area contributed by atoms with Crippen LogP contribution >= 0.6 is 0 Å². The highest BCUT2D eigenvalue weighted by Crippen LogP contribution is 2.21. The van der Waals surface area contributed by atoms with Crippen LogP contribution in [0.2, 0.25) is 0 Å². The van der Waals surface area contributed by atoms with Crippen LogP contribution in [0.1, 0.15) is 30.4 Å². The number of nitrogens with zero attached hydrogens (tertiary/aromatic N) is 4. The second-order valence-corrected chi connectivity index (χ2v) is 6.05. The molecule has 1 N–H and O–H groups in total. The molecule has 2 amide bonds. The van der Waals surface area contributed by atoms with E-state index in [0.717, 1.165) is 32.6 Å². The highest BCUT2D eigenvalue weighted by molar-refractivity contribution is 5.89. The third kappa shape index (κ3) is 3.28. The number of hydrogen-bond acceptors (Lipinski definition) is 4. The normalized spacial score (nSPS) is 21.0. The summed E-state index contributed by atoms with van der Waals surface area (Å²) in [5.74, 6) is 0. The van der Waals surface area contributed by atoms with Crippen LogP contribution in [0, 0.1) is 22.7 Å². The van der Waals surface area contributed by atoms with Crippen molar-refractivity contribution < 1.29 is 4.79 Å². The van der Waals surface area contributed by atoms with E-state index < -0.39 is 0 Å². The Morgan fingerprint density at radius 3 is 2.57 bits per heavy atom. The standard InChI is InChI=1S/C17H19N5O/c18-10-13-3-4-15(9-14(13)11-19)20-17(23)22-8-5-16(12-22)21-6-1-2-7-21/h3-4,9,16H,1-2,5-8,12H2,(H,20,23)/t16-/m1/s1. The molecule has 0 aromatic heterocycles. The summed E-state index contributed by atoms with van der Waals surface area (Å²) >= 11 is 0. The van der Waals surface area contributed by atoms with Gasteiger partial charge in [-0.1, -0.05) is 0 Å². The topological polar surface area (TPSA) is 83.2 Å². The number of amides is 2. The van der Waals surface area contributed by atoms with Gasteiger partial charge in [0.2, 0.25) is 0 Å². The van der Waals surface area contributed by atoms with E-state index in [1.165, 1.54) is 12.8 Å². The van der Waals surface area contributed by atoms with Gasteiger partial charge >= 0.3 is 6.03 Å². The molecule has 0 unspecified atom stereocenters. The fraction of sp³-hybridized carbons (Fsp3) is 0.471. The van der Waals surface area contributed by atoms with Crippen LogP contribution in [0.15, 0.2) is 18.2 Å². The molecule has 2 heterocycles. The molecule has 2 saturated heterocycles. The Balaban J connectivity index is 1.61. The fourth-order valence-corrected chi connectivity index (χ4v) is 3.35. The number of benzene rings is 1. The molecular formula is C17H19N5O. The van der Waals surface area contributed by atoms with E-state index in [2.05, 4.69) is 10.2 Å². The number of nitriles is 2. The number of carbonyl (C=O) groups is 1. The SMILES string of the molecule is N#Cc1ccc(NC(=O)N2CC[C@@H](N3CCCC3)C2)cc1C#N. The molecule has 2 aliphatic heterocycles. The number of rotatable bonds is 2. The van der Waals surface area contributed by atoms with Gasteiger partial charge in [0.25, 0.3) is 0 Å². The van der Waals surface area contributed by atoms with Gasteiger partial charge in [0, 0.05) is 24.8 Å². The molecule has 2 fully saturated rings. The fourth-order valence-electron chi connectivity index (χ4n) is 3.35. The van der Waals surface area contributed by atoms with Crippen molar-refractivity contribution in [2.45, 2.75) is 25.3 Å². The molecule has 1 aromatic carbocycles. The minimum absolute atomic E-state index is 0.139. The van der Waals surface area contributed by atoms with Gasteiger partial charge in [0.05, 0.1) is 11.1 Å². The van der Waals surface area contributed by atoms with E-state index >= 15 is 0 Å². The molecule has 1 atom stereocenters. The average Bonchev–Trinajstić information content (AvgIpc) is 3.25. The van der Waals surface area contributed by atoms with Crippen LogP contribution in [0.25, 0.3) is 0 Å². The van der Waals surface area contributed by atoms with Crippen molar-refractivity contribution in [1.29, 1.82) is 10.5 Å². The zero-order valence-electron chi connectivity index (χ0n) is 13.0. The lowest BCUT2D eigenvalue weighted by Crippen LogP contribution is -2.38. The second kappa shape index (κ2) is 6.68.